The van der Waals surface area contributed by atoms with E-state index in [-0.39, 0.29) is 43.0 Å². The number of nitrogen functional groups attached to an aromatic ring is 1. The molecule has 192 valence electrons. The Labute approximate surface area is 221 Å². The lowest BCUT2D eigenvalue weighted by molar-refractivity contribution is 0.0962. The summed E-state index contributed by atoms with van der Waals surface area (Å²) in [5, 5.41) is 2.42. The maximum absolute atomic E-state index is 15.0. The fraction of sp³-hybridized carbons (Fsp3) is 0.125. The minimum absolute atomic E-state index is 0.0383. The number of pyridine rings is 2. The number of nitrogens with two attached hydrogens (primary N) is 1. The third-order valence-corrected chi connectivity index (χ3v) is 7.97. The lowest BCUT2D eigenvalue weighted by Gasteiger charge is -2.16. The number of rotatable bonds is 6. The fourth-order valence-electron chi connectivity index (χ4n) is 3.81. The Morgan fingerprint density at radius 1 is 1.16 bits per heavy atom. The molecular weight excluding hydrogens is 544 g/mol. The number of halogens is 3. The molecule has 0 saturated heterocycles. The second-order valence-electron chi connectivity index (χ2n) is 7.83. The van der Waals surface area contributed by atoms with Crippen molar-refractivity contribution < 1.29 is 17.6 Å². The maximum atomic E-state index is 15.0. The normalized spacial score (nSPS) is 11.5. The molecule has 4 aromatic rings. The van der Waals surface area contributed by atoms with Crippen molar-refractivity contribution in [2.45, 2.75) is 18.4 Å². The maximum Gasteiger partial charge on any atom is 0.263 e. The number of carbonyl (C=O) groups is 1. The lowest BCUT2D eigenvalue weighted by Crippen LogP contribution is -2.30. The van der Waals surface area contributed by atoms with Crippen molar-refractivity contribution in [1.82, 2.24) is 14.9 Å². The number of aromatic nitrogens is 2. The Morgan fingerprint density at radius 2 is 1.89 bits per heavy atom. The summed E-state index contributed by atoms with van der Waals surface area (Å²) in [5.74, 6) is -1.53. The molecule has 2 heterocycles. The first-order chi connectivity index (χ1) is 17.5. The van der Waals surface area contributed by atoms with Crippen molar-refractivity contribution in [3.05, 3.63) is 80.2 Å². The highest BCUT2D eigenvalue weighted by Crippen LogP contribution is 2.32. The summed E-state index contributed by atoms with van der Waals surface area (Å²) in [6.07, 6.45) is 0. The molecule has 0 spiro atoms. The zero-order chi connectivity index (χ0) is 27.1. The molecule has 4 rings (SSSR count). The van der Waals surface area contributed by atoms with E-state index < -0.39 is 27.2 Å². The average molecular weight is 564 g/mol. The topological polar surface area (TPSA) is 136 Å². The van der Waals surface area contributed by atoms with Crippen LogP contribution in [0, 0.1) is 5.82 Å². The summed E-state index contributed by atoms with van der Waals surface area (Å²) in [5.41, 5.74) is 5.87. The van der Waals surface area contributed by atoms with Crippen LogP contribution in [0.5, 0.6) is 0 Å². The van der Waals surface area contributed by atoms with Crippen molar-refractivity contribution in [3.8, 4) is 11.3 Å². The zero-order valence-corrected chi connectivity index (χ0v) is 21.8. The number of sulfonamides is 1. The highest BCUT2D eigenvalue weighted by Gasteiger charge is 2.23. The van der Waals surface area contributed by atoms with Gasteiger partial charge in [0, 0.05) is 19.2 Å². The number of carbonyl (C=O) groups excluding carboxylic acids is 1. The van der Waals surface area contributed by atoms with E-state index in [1.807, 2.05) is 0 Å². The molecular formula is C24H20Cl2FN5O4S. The average Bonchev–Trinajstić information content (AvgIpc) is 2.86. The molecule has 0 unspecified atom stereocenters. The summed E-state index contributed by atoms with van der Waals surface area (Å²) in [6.45, 7) is 2.08. The predicted octanol–water partition coefficient (Wildman–Crippen LogP) is 4.27. The highest BCUT2D eigenvalue weighted by molar-refractivity contribution is 7.92. The quantitative estimate of drug-likeness (QED) is 0.320. The van der Waals surface area contributed by atoms with Gasteiger partial charge in [0.2, 0.25) is 5.43 Å². The Morgan fingerprint density at radius 3 is 2.54 bits per heavy atom. The van der Waals surface area contributed by atoms with E-state index >= 15 is 0 Å². The highest BCUT2D eigenvalue weighted by atomic mass is 35.5. The van der Waals surface area contributed by atoms with Crippen LogP contribution in [0.15, 0.2) is 58.2 Å². The zero-order valence-electron chi connectivity index (χ0n) is 19.5. The number of fused-ring (bicyclic) bond motifs is 1. The third-order valence-electron chi connectivity index (χ3n) is 5.63. The first-order valence-electron chi connectivity index (χ1n) is 10.8. The number of benzene rings is 2. The van der Waals surface area contributed by atoms with E-state index in [0.717, 1.165) is 6.07 Å². The molecule has 0 saturated carbocycles. The van der Waals surface area contributed by atoms with Gasteiger partial charge in [-0.3, -0.25) is 14.3 Å². The van der Waals surface area contributed by atoms with Crippen molar-refractivity contribution in [2.75, 3.05) is 17.5 Å². The van der Waals surface area contributed by atoms with Crippen LogP contribution >= 0.6 is 23.2 Å². The van der Waals surface area contributed by atoms with E-state index in [9.17, 15) is 22.4 Å². The van der Waals surface area contributed by atoms with Crippen LogP contribution in [0.4, 0.5) is 15.9 Å². The van der Waals surface area contributed by atoms with Gasteiger partial charge in [-0.2, -0.15) is 0 Å². The smallest absolute Gasteiger partial charge is 0.263 e. The predicted molar refractivity (Wildman–Crippen MR) is 142 cm³/mol. The molecule has 2 aromatic heterocycles. The molecule has 0 aliphatic carbocycles. The lowest BCUT2D eigenvalue weighted by atomic mass is 10.1. The van der Waals surface area contributed by atoms with Gasteiger partial charge in [0.05, 0.1) is 26.8 Å². The Balaban J connectivity index is 1.76. The number of amides is 1. The van der Waals surface area contributed by atoms with Crippen LogP contribution in [0.1, 0.15) is 17.3 Å². The first-order valence-corrected chi connectivity index (χ1v) is 13.1. The minimum atomic E-state index is -4.23. The summed E-state index contributed by atoms with van der Waals surface area (Å²) < 4.78 is 44.2. The van der Waals surface area contributed by atoms with Crippen molar-refractivity contribution in [1.29, 1.82) is 0 Å². The van der Waals surface area contributed by atoms with Gasteiger partial charge in [-0.1, -0.05) is 35.3 Å². The molecule has 0 radical (unpaired) electrons. The second-order valence-corrected chi connectivity index (χ2v) is 10.3. The molecule has 4 N–H and O–H groups in total. The van der Waals surface area contributed by atoms with E-state index in [1.54, 1.807) is 6.92 Å². The largest absolute Gasteiger partial charge is 0.384 e. The third kappa shape index (κ3) is 4.73. The van der Waals surface area contributed by atoms with Crippen molar-refractivity contribution >= 4 is 61.7 Å². The number of hydrogen-bond acceptors (Lipinski definition) is 6. The number of aryl methyl sites for hydroxylation is 1. The molecule has 0 aliphatic heterocycles. The van der Waals surface area contributed by atoms with Crippen LogP contribution in [-0.4, -0.2) is 30.9 Å². The van der Waals surface area contributed by atoms with E-state index in [1.165, 1.54) is 54.1 Å². The Kier molecular flexibility index (Phi) is 7.13. The molecule has 0 fully saturated rings. The van der Waals surface area contributed by atoms with Crippen molar-refractivity contribution in [3.63, 3.8) is 0 Å². The fourth-order valence-corrected chi connectivity index (χ4v) is 5.64. The first kappa shape index (κ1) is 26.4. The Hall–Kier alpha value is -3.67. The second kappa shape index (κ2) is 10.0. The van der Waals surface area contributed by atoms with Gasteiger partial charge < -0.3 is 15.6 Å². The summed E-state index contributed by atoms with van der Waals surface area (Å²) in [6, 6.07) is 10.9. The van der Waals surface area contributed by atoms with Gasteiger partial charge >= 0.3 is 0 Å². The van der Waals surface area contributed by atoms with Gasteiger partial charge in [-0.15, -0.1) is 0 Å². The van der Waals surface area contributed by atoms with Crippen LogP contribution in [0.3, 0.4) is 0 Å². The van der Waals surface area contributed by atoms with E-state index in [0.29, 0.717) is 17.8 Å². The standard InChI is InChI=1S/C24H20Cl2FN5O4S/c1-3-32-22(28)19(24(34)29-2)21(33)13-8-10-16(30-23(13)32)12-7-9-17(15(27)11-12)31-37(35,36)18-6-4-5-14(25)20(18)26/h4-11,31H,3,28H2,1-2H3,(H,29,34). The Bertz CT molecular complexity index is 1740. The van der Waals surface area contributed by atoms with Crippen molar-refractivity contribution in [2.24, 2.45) is 0 Å². The van der Waals surface area contributed by atoms with E-state index in [4.69, 9.17) is 28.9 Å². The summed E-state index contributed by atoms with van der Waals surface area (Å²) in [4.78, 5) is 29.3. The summed E-state index contributed by atoms with van der Waals surface area (Å²) in [7, 11) is -2.84. The molecule has 0 aliphatic rings. The molecule has 13 heteroatoms. The van der Waals surface area contributed by atoms with Gasteiger partial charge in [0.15, 0.2) is 0 Å². The molecule has 0 atom stereocenters. The number of nitrogens with zero attached hydrogens (tertiary/aromatic N) is 2. The molecule has 37 heavy (non-hydrogen) atoms. The van der Waals surface area contributed by atoms with Gasteiger partial charge in [0.25, 0.3) is 15.9 Å². The van der Waals surface area contributed by atoms with E-state index in [2.05, 4.69) is 15.0 Å². The number of anilines is 2. The minimum Gasteiger partial charge on any atom is -0.384 e. The molecule has 0 bridgehead atoms. The SMILES string of the molecule is CCn1c(N)c(C(=O)NC)c(=O)c2ccc(-c3ccc(NS(=O)(=O)c4cccc(Cl)c4Cl)c(F)c3)nc21. The van der Waals surface area contributed by atoms with Crippen LogP contribution in [0.25, 0.3) is 22.3 Å². The van der Waals surface area contributed by atoms with Crippen LogP contribution in [0.2, 0.25) is 10.0 Å². The van der Waals surface area contributed by atoms with Gasteiger partial charge in [-0.25, -0.2) is 17.8 Å². The molecule has 9 nitrogen and oxygen atoms in total. The van der Waals surface area contributed by atoms with Gasteiger partial charge in [-0.05, 0) is 43.3 Å². The van der Waals surface area contributed by atoms with Crippen LogP contribution < -0.4 is 21.2 Å². The van der Waals surface area contributed by atoms with Gasteiger partial charge in [0.1, 0.15) is 27.7 Å². The number of nitrogens with one attached hydrogen (secondary N) is 2. The molecule has 1 amide bonds. The monoisotopic (exact) mass is 563 g/mol. The molecule has 2 aromatic carbocycles. The number of hydrogen-bond donors (Lipinski definition) is 3. The summed E-state index contributed by atoms with van der Waals surface area (Å²) >= 11 is 11.9. The van der Waals surface area contributed by atoms with Crippen LogP contribution in [-0.2, 0) is 16.6 Å².